The van der Waals surface area contributed by atoms with Gasteiger partial charge in [-0.3, -0.25) is 4.79 Å². The van der Waals surface area contributed by atoms with Gasteiger partial charge in [0.25, 0.3) is 5.91 Å². The number of rotatable bonds is 6. The maximum absolute atomic E-state index is 13.5. The molecule has 25 heavy (non-hydrogen) atoms. The molecule has 0 bridgehead atoms. The molecule has 1 aromatic carbocycles. The smallest absolute Gasteiger partial charge is 0.317 e. The molecule has 5 nitrogen and oxygen atoms in total. The van der Waals surface area contributed by atoms with Crippen LogP contribution in [0.15, 0.2) is 29.6 Å². The summed E-state index contributed by atoms with van der Waals surface area (Å²) in [5.41, 5.74) is 1.93. The lowest BCUT2D eigenvalue weighted by molar-refractivity contribution is 0.0953. The molecule has 0 saturated carbocycles. The van der Waals surface area contributed by atoms with E-state index in [0.717, 1.165) is 4.88 Å². The van der Waals surface area contributed by atoms with Gasteiger partial charge in [0, 0.05) is 30.6 Å². The van der Waals surface area contributed by atoms with Crippen molar-refractivity contribution in [3.05, 3.63) is 57.0 Å². The number of benzene rings is 1. The molecule has 0 aliphatic rings. The maximum atomic E-state index is 13.5. The number of urea groups is 1. The Morgan fingerprint density at radius 2 is 1.84 bits per heavy atom. The summed E-state index contributed by atoms with van der Waals surface area (Å²) in [6, 6.07) is 6.16. The van der Waals surface area contributed by atoms with Crippen LogP contribution in [0.1, 0.15) is 26.4 Å². The van der Waals surface area contributed by atoms with E-state index in [1.54, 1.807) is 42.3 Å². The topological polar surface area (TPSA) is 61.4 Å². The van der Waals surface area contributed by atoms with Gasteiger partial charge >= 0.3 is 6.03 Å². The molecule has 0 aliphatic heterocycles. The Hall–Kier alpha value is -2.41. The van der Waals surface area contributed by atoms with Crippen molar-refractivity contribution in [2.75, 3.05) is 20.1 Å². The average molecular weight is 363 g/mol. The number of nitrogens with one attached hydrogen (secondary N) is 2. The number of halogens is 1. The van der Waals surface area contributed by atoms with E-state index in [0.29, 0.717) is 18.7 Å². The Morgan fingerprint density at radius 3 is 2.48 bits per heavy atom. The van der Waals surface area contributed by atoms with Gasteiger partial charge in [0.15, 0.2) is 0 Å². The SMILES string of the molecule is Cc1ccc(C(=O)NCCNC(=O)N(C)Cc2sccc2C)cc1F. The Bertz CT molecular complexity index is 761. The molecule has 0 unspecified atom stereocenters. The number of carbonyl (C=O) groups is 2. The molecular formula is C18H22FN3O2S. The van der Waals surface area contributed by atoms with E-state index in [1.807, 2.05) is 18.4 Å². The van der Waals surface area contributed by atoms with Crippen molar-refractivity contribution in [3.63, 3.8) is 0 Å². The molecule has 0 saturated heterocycles. The summed E-state index contributed by atoms with van der Waals surface area (Å²) >= 11 is 1.62. The van der Waals surface area contributed by atoms with Gasteiger partial charge in [0.2, 0.25) is 0 Å². The van der Waals surface area contributed by atoms with Crippen LogP contribution >= 0.6 is 11.3 Å². The molecule has 134 valence electrons. The van der Waals surface area contributed by atoms with Crippen LogP contribution in [-0.2, 0) is 6.54 Å². The number of hydrogen-bond donors (Lipinski definition) is 2. The first-order chi connectivity index (χ1) is 11.9. The second-order valence-electron chi connectivity index (χ2n) is 5.83. The molecule has 0 fully saturated rings. The van der Waals surface area contributed by atoms with Crippen molar-refractivity contribution in [2.24, 2.45) is 0 Å². The first-order valence-corrected chi connectivity index (χ1v) is 8.82. The first-order valence-electron chi connectivity index (χ1n) is 7.94. The van der Waals surface area contributed by atoms with Crippen molar-refractivity contribution in [3.8, 4) is 0 Å². The van der Waals surface area contributed by atoms with E-state index in [1.165, 1.54) is 11.6 Å². The summed E-state index contributed by atoms with van der Waals surface area (Å²) in [5.74, 6) is -0.776. The van der Waals surface area contributed by atoms with E-state index in [2.05, 4.69) is 10.6 Å². The van der Waals surface area contributed by atoms with Crippen LogP contribution in [0, 0.1) is 19.7 Å². The molecule has 0 aliphatic carbocycles. The Kier molecular flexibility index (Phi) is 6.52. The van der Waals surface area contributed by atoms with Crippen molar-refractivity contribution in [2.45, 2.75) is 20.4 Å². The summed E-state index contributed by atoms with van der Waals surface area (Å²) in [6.07, 6.45) is 0. The average Bonchev–Trinajstić information content (AvgIpc) is 2.98. The molecule has 1 aromatic heterocycles. The highest BCUT2D eigenvalue weighted by molar-refractivity contribution is 7.10. The molecule has 2 aromatic rings. The zero-order valence-electron chi connectivity index (χ0n) is 14.6. The highest BCUT2D eigenvalue weighted by Crippen LogP contribution is 2.17. The van der Waals surface area contributed by atoms with Gasteiger partial charge in [-0.15, -0.1) is 11.3 Å². The fourth-order valence-corrected chi connectivity index (χ4v) is 3.13. The van der Waals surface area contributed by atoms with Gasteiger partial charge in [-0.2, -0.15) is 0 Å². The van der Waals surface area contributed by atoms with Crippen LogP contribution in [0.5, 0.6) is 0 Å². The number of nitrogens with zero attached hydrogens (tertiary/aromatic N) is 1. The predicted octanol–water partition coefficient (Wildman–Crippen LogP) is 3.08. The van der Waals surface area contributed by atoms with E-state index in [4.69, 9.17) is 0 Å². The van der Waals surface area contributed by atoms with Gasteiger partial charge in [0.05, 0.1) is 6.54 Å². The largest absolute Gasteiger partial charge is 0.350 e. The summed E-state index contributed by atoms with van der Waals surface area (Å²) < 4.78 is 13.5. The Balaban J connectivity index is 1.72. The summed E-state index contributed by atoms with van der Waals surface area (Å²) in [6.45, 7) is 4.77. The second-order valence-corrected chi connectivity index (χ2v) is 6.84. The zero-order chi connectivity index (χ0) is 18.4. The minimum Gasteiger partial charge on any atom is -0.350 e. The lowest BCUT2D eigenvalue weighted by Gasteiger charge is -2.18. The second kappa shape index (κ2) is 8.62. The van der Waals surface area contributed by atoms with Crippen molar-refractivity contribution in [1.29, 1.82) is 0 Å². The number of hydrogen-bond acceptors (Lipinski definition) is 3. The monoisotopic (exact) mass is 363 g/mol. The zero-order valence-corrected chi connectivity index (χ0v) is 15.4. The van der Waals surface area contributed by atoms with E-state index in [9.17, 15) is 14.0 Å². The Morgan fingerprint density at radius 1 is 1.12 bits per heavy atom. The fraction of sp³-hybridized carbons (Fsp3) is 0.333. The van der Waals surface area contributed by atoms with Crippen molar-refractivity contribution in [1.82, 2.24) is 15.5 Å². The summed E-state index contributed by atoms with van der Waals surface area (Å²) in [5, 5.41) is 7.40. The van der Waals surface area contributed by atoms with Gasteiger partial charge in [-0.1, -0.05) is 6.07 Å². The number of amides is 3. The van der Waals surface area contributed by atoms with Crippen LogP contribution < -0.4 is 10.6 Å². The fourth-order valence-electron chi connectivity index (χ4n) is 2.17. The minimum absolute atomic E-state index is 0.205. The molecule has 0 atom stereocenters. The molecule has 7 heteroatoms. The standard InChI is InChI=1S/C18H22FN3O2S/c1-12-4-5-14(10-15(12)19)17(23)20-7-8-21-18(24)22(3)11-16-13(2)6-9-25-16/h4-6,9-10H,7-8,11H2,1-3H3,(H,20,23)(H,21,24). The third kappa shape index (κ3) is 5.29. The highest BCUT2D eigenvalue weighted by atomic mass is 32.1. The van der Waals surface area contributed by atoms with Gasteiger partial charge in [0.1, 0.15) is 5.82 Å². The molecule has 3 amide bonds. The third-order valence-electron chi connectivity index (χ3n) is 3.82. The van der Waals surface area contributed by atoms with E-state index >= 15 is 0 Å². The molecule has 2 rings (SSSR count). The quantitative estimate of drug-likeness (QED) is 0.775. The van der Waals surface area contributed by atoms with Crippen molar-refractivity contribution < 1.29 is 14.0 Å². The maximum Gasteiger partial charge on any atom is 0.317 e. The summed E-state index contributed by atoms with van der Waals surface area (Å²) in [4.78, 5) is 26.7. The minimum atomic E-state index is -0.411. The predicted molar refractivity (Wildman–Crippen MR) is 97.4 cm³/mol. The molecule has 0 spiro atoms. The highest BCUT2D eigenvalue weighted by Gasteiger charge is 2.11. The number of thiophene rings is 1. The van der Waals surface area contributed by atoms with Crippen LogP contribution in [0.2, 0.25) is 0 Å². The first kappa shape index (κ1) is 18.9. The lowest BCUT2D eigenvalue weighted by atomic mass is 10.1. The van der Waals surface area contributed by atoms with Gasteiger partial charge in [-0.05, 0) is 48.6 Å². The lowest BCUT2D eigenvalue weighted by Crippen LogP contribution is -2.41. The van der Waals surface area contributed by atoms with Gasteiger partial charge < -0.3 is 15.5 Å². The Labute approximate surface area is 150 Å². The van der Waals surface area contributed by atoms with Gasteiger partial charge in [-0.25, -0.2) is 9.18 Å². The van der Waals surface area contributed by atoms with Crippen LogP contribution in [0.25, 0.3) is 0 Å². The molecule has 1 heterocycles. The third-order valence-corrected chi connectivity index (χ3v) is 4.82. The van der Waals surface area contributed by atoms with E-state index < -0.39 is 5.82 Å². The normalized spacial score (nSPS) is 10.4. The van der Waals surface area contributed by atoms with Crippen LogP contribution in [-0.4, -0.2) is 37.0 Å². The number of aryl methyl sites for hydroxylation is 2. The molecule has 2 N–H and O–H groups in total. The molecule has 0 radical (unpaired) electrons. The van der Waals surface area contributed by atoms with E-state index in [-0.39, 0.29) is 24.0 Å². The summed E-state index contributed by atoms with van der Waals surface area (Å²) in [7, 11) is 1.72. The molecular weight excluding hydrogens is 341 g/mol. The van der Waals surface area contributed by atoms with Crippen LogP contribution in [0.3, 0.4) is 0 Å². The number of carbonyl (C=O) groups excluding carboxylic acids is 2. The van der Waals surface area contributed by atoms with Crippen molar-refractivity contribution >= 4 is 23.3 Å². The van der Waals surface area contributed by atoms with Crippen LogP contribution in [0.4, 0.5) is 9.18 Å².